The van der Waals surface area contributed by atoms with Gasteiger partial charge in [-0.25, -0.2) is 4.79 Å². The molecule has 0 heterocycles. The molecule has 0 N–H and O–H groups in total. The smallest absolute Gasteiger partial charge is 0.350 e. The maximum Gasteiger partial charge on any atom is 0.350 e. The summed E-state index contributed by atoms with van der Waals surface area (Å²) in [5, 5.41) is 0. The molecule has 2 rings (SSSR count). The van der Waals surface area contributed by atoms with Crippen molar-refractivity contribution in [3.63, 3.8) is 0 Å². The molecule has 0 radical (unpaired) electrons. The lowest BCUT2D eigenvalue weighted by molar-refractivity contribution is -0.171. The minimum atomic E-state index is -1.13. The summed E-state index contributed by atoms with van der Waals surface area (Å²) >= 11 is 0. The second-order valence-corrected chi connectivity index (χ2v) is 10.0. The number of ether oxygens (including phenoxy) is 2. The van der Waals surface area contributed by atoms with Gasteiger partial charge in [0.15, 0.2) is 11.4 Å². The highest BCUT2D eigenvalue weighted by molar-refractivity contribution is 6.08. The maximum atomic E-state index is 12.8. The van der Waals surface area contributed by atoms with Crippen molar-refractivity contribution >= 4 is 17.8 Å². The molecule has 34 heavy (non-hydrogen) atoms. The average Bonchev–Trinajstić information content (AvgIpc) is 2.72. The lowest BCUT2D eigenvalue weighted by Crippen LogP contribution is -2.43. The van der Waals surface area contributed by atoms with Crippen LogP contribution in [0.3, 0.4) is 0 Å². The molecule has 2 aromatic rings. The number of allylic oxidation sites excluding steroid dienone is 1. The monoisotopic (exact) mass is 466 g/mol. The van der Waals surface area contributed by atoms with Gasteiger partial charge in [0.1, 0.15) is 11.4 Å². The van der Waals surface area contributed by atoms with E-state index in [-0.39, 0.29) is 5.78 Å². The van der Waals surface area contributed by atoms with E-state index < -0.39 is 17.2 Å². The molecule has 0 aliphatic heterocycles. The maximum absolute atomic E-state index is 12.8. The number of hydrogen-bond donors (Lipinski definition) is 0. The molecule has 0 amide bonds. The van der Waals surface area contributed by atoms with Crippen LogP contribution >= 0.6 is 0 Å². The molecule has 0 saturated carbocycles. The SMILES string of the molecule is CC.Cc1cc(C)c(C(=O)/C=C/c2cc(C)c(OC(C)(C)C(=O)OC(C)(C)C)c(C)c2)cc1C. The fraction of sp³-hybridized carbons (Fsp3) is 0.467. The first kappa shape index (κ1) is 29.2. The number of aryl methyl sites for hydroxylation is 5. The lowest BCUT2D eigenvalue weighted by atomic mass is 9.97. The Bertz CT molecular complexity index is 1040. The Labute approximate surface area is 206 Å². The number of carbonyl (C=O) groups is 2. The van der Waals surface area contributed by atoms with Crippen molar-refractivity contribution in [2.75, 3.05) is 0 Å². The summed E-state index contributed by atoms with van der Waals surface area (Å²) < 4.78 is 11.6. The molecule has 4 nitrogen and oxygen atoms in total. The standard InChI is InChI=1S/C28H36O4.C2H6/c1-17-13-19(3)23(16-18(17)2)24(29)12-11-22-14-20(4)25(21(5)15-22)31-28(9,10)26(30)32-27(6,7)8;1-2/h11-16H,1-10H3;1-2H3/b12-11+;. The third-order valence-corrected chi connectivity index (χ3v) is 5.26. The molecular formula is C30H42O4. The third kappa shape index (κ3) is 7.86. The minimum absolute atomic E-state index is 0.0210. The molecule has 0 atom stereocenters. The summed E-state index contributed by atoms with van der Waals surface area (Å²) in [7, 11) is 0. The second kappa shape index (κ2) is 11.5. The van der Waals surface area contributed by atoms with Crippen LogP contribution in [0.15, 0.2) is 30.3 Å². The van der Waals surface area contributed by atoms with E-state index in [4.69, 9.17) is 9.47 Å². The van der Waals surface area contributed by atoms with E-state index in [0.717, 1.165) is 33.4 Å². The van der Waals surface area contributed by atoms with Crippen LogP contribution in [0.1, 0.15) is 92.2 Å². The van der Waals surface area contributed by atoms with Crippen molar-refractivity contribution in [3.8, 4) is 5.75 Å². The molecule has 4 heteroatoms. The van der Waals surface area contributed by atoms with Gasteiger partial charge in [0.05, 0.1) is 0 Å². The van der Waals surface area contributed by atoms with E-state index in [1.54, 1.807) is 19.9 Å². The van der Waals surface area contributed by atoms with Crippen molar-refractivity contribution in [1.29, 1.82) is 0 Å². The molecule has 0 bridgehead atoms. The predicted octanol–water partition coefficient (Wildman–Crippen LogP) is 7.65. The normalized spacial score (nSPS) is 11.6. The molecule has 2 aromatic carbocycles. The number of hydrogen-bond acceptors (Lipinski definition) is 4. The number of ketones is 1. The van der Waals surface area contributed by atoms with E-state index in [2.05, 4.69) is 0 Å². The van der Waals surface area contributed by atoms with Crippen LogP contribution in [0.25, 0.3) is 6.08 Å². The van der Waals surface area contributed by atoms with Crippen LogP contribution in [0.4, 0.5) is 0 Å². The van der Waals surface area contributed by atoms with Crippen molar-refractivity contribution in [2.24, 2.45) is 0 Å². The first-order chi connectivity index (χ1) is 15.6. The summed E-state index contributed by atoms with van der Waals surface area (Å²) in [4.78, 5) is 25.3. The van der Waals surface area contributed by atoms with E-state index in [9.17, 15) is 9.59 Å². The van der Waals surface area contributed by atoms with Crippen molar-refractivity contribution in [1.82, 2.24) is 0 Å². The van der Waals surface area contributed by atoms with Crippen LogP contribution in [0, 0.1) is 34.6 Å². The number of carbonyl (C=O) groups excluding carboxylic acids is 2. The topological polar surface area (TPSA) is 52.6 Å². The molecule has 0 aliphatic rings. The van der Waals surface area contributed by atoms with Crippen LogP contribution in [-0.4, -0.2) is 23.0 Å². The summed E-state index contributed by atoms with van der Waals surface area (Å²) in [5.74, 6) is 0.212. The average molecular weight is 467 g/mol. The molecule has 0 fully saturated rings. The van der Waals surface area contributed by atoms with Gasteiger partial charge < -0.3 is 9.47 Å². The molecule has 0 aromatic heterocycles. The van der Waals surface area contributed by atoms with Gasteiger partial charge in [-0.15, -0.1) is 0 Å². The van der Waals surface area contributed by atoms with Gasteiger partial charge in [0, 0.05) is 5.56 Å². The summed E-state index contributed by atoms with van der Waals surface area (Å²) in [6.07, 6.45) is 3.43. The Morgan fingerprint density at radius 2 is 1.24 bits per heavy atom. The Balaban J connectivity index is 0.00000281. The van der Waals surface area contributed by atoms with E-state index in [1.165, 1.54) is 5.56 Å². The Hall–Kier alpha value is -2.88. The quantitative estimate of drug-likeness (QED) is 0.249. The van der Waals surface area contributed by atoms with Gasteiger partial charge in [-0.2, -0.15) is 0 Å². The van der Waals surface area contributed by atoms with E-state index in [0.29, 0.717) is 5.75 Å². The van der Waals surface area contributed by atoms with Gasteiger partial charge in [0.25, 0.3) is 0 Å². The summed E-state index contributed by atoms with van der Waals surface area (Å²) in [5.41, 5.74) is 4.94. The molecule has 0 spiro atoms. The zero-order valence-corrected chi connectivity index (χ0v) is 23.1. The predicted molar refractivity (Wildman–Crippen MR) is 142 cm³/mol. The molecular weight excluding hydrogens is 424 g/mol. The van der Waals surface area contributed by atoms with Crippen molar-refractivity contribution in [3.05, 3.63) is 69.3 Å². The fourth-order valence-electron chi connectivity index (χ4n) is 3.43. The summed E-state index contributed by atoms with van der Waals surface area (Å²) in [6.45, 7) is 22.8. The largest absolute Gasteiger partial charge is 0.476 e. The number of benzene rings is 2. The van der Waals surface area contributed by atoms with Gasteiger partial charge in [-0.05, 0) is 127 Å². The van der Waals surface area contributed by atoms with Crippen LogP contribution < -0.4 is 4.74 Å². The van der Waals surface area contributed by atoms with Gasteiger partial charge in [-0.1, -0.05) is 26.0 Å². The van der Waals surface area contributed by atoms with E-state index >= 15 is 0 Å². The summed E-state index contributed by atoms with van der Waals surface area (Å²) in [6, 6.07) is 7.89. The highest BCUT2D eigenvalue weighted by Crippen LogP contribution is 2.30. The highest BCUT2D eigenvalue weighted by Gasteiger charge is 2.35. The van der Waals surface area contributed by atoms with Gasteiger partial charge in [-0.3, -0.25) is 4.79 Å². The van der Waals surface area contributed by atoms with E-state index in [1.807, 2.05) is 99.6 Å². The molecule has 186 valence electrons. The Kier molecular flexibility index (Phi) is 9.86. The fourth-order valence-corrected chi connectivity index (χ4v) is 3.43. The first-order valence-corrected chi connectivity index (χ1v) is 11.9. The van der Waals surface area contributed by atoms with Crippen molar-refractivity contribution < 1.29 is 19.1 Å². The van der Waals surface area contributed by atoms with Crippen LogP contribution in [-0.2, 0) is 9.53 Å². The molecule has 0 saturated heterocycles. The first-order valence-electron chi connectivity index (χ1n) is 11.9. The minimum Gasteiger partial charge on any atom is -0.476 e. The second-order valence-electron chi connectivity index (χ2n) is 10.0. The Morgan fingerprint density at radius 3 is 1.74 bits per heavy atom. The zero-order valence-electron chi connectivity index (χ0n) is 23.1. The van der Waals surface area contributed by atoms with Crippen molar-refractivity contribution in [2.45, 2.75) is 94.3 Å². The van der Waals surface area contributed by atoms with Gasteiger partial charge >= 0.3 is 5.97 Å². The van der Waals surface area contributed by atoms with Crippen LogP contribution in [0.5, 0.6) is 5.75 Å². The Morgan fingerprint density at radius 1 is 0.735 bits per heavy atom. The molecule has 0 aliphatic carbocycles. The zero-order chi connectivity index (χ0) is 26.4. The lowest BCUT2D eigenvalue weighted by Gasteiger charge is -2.30. The highest BCUT2D eigenvalue weighted by atomic mass is 16.6. The number of esters is 1. The molecule has 0 unspecified atom stereocenters. The van der Waals surface area contributed by atoms with Crippen LogP contribution in [0.2, 0.25) is 0 Å². The number of rotatable bonds is 6. The van der Waals surface area contributed by atoms with Gasteiger partial charge in [0.2, 0.25) is 0 Å². The third-order valence-electron chi connectivity index (χ3n) is 5.26.